The maximum atomic E-state index is 11.4. The van der Waals surface area contributed by atoms with Crippen LogP contribution in [0.3, 0.4) is 0 Å². The molecule has 0 aromatic heterocycles. The quantitative estimate of drug-likeness (QED) is 0.671. The topological polar surface area (TPSA) is 58.2 Å². The Hall–Kier alpha value is -2.04. The molecule has 2 atom stereocenters. The monoisotopic (exact) mass is 406 g/mol. The van der Waals surface area contributed by atoms with Gasteiger partial charge in [0.05, 0.1) is 12.1 Å². The molecule has 0 radical (unpaired) electrons. The van der Waals surface area contributed by atoms with Crippen molar-refractivity contribution < 1.29 is 9.59 Å². The molecule has 0 bridgehead atoms. The number of nitrogens with one attached hydrogen (secondary N) is 2. The summed E-state index contributed by atoms with van der Waals surface area (Å²) in [6.07, 6.45) is 1.82. The molecular weight excluding hydrogens is 383 g/mol. The summed E-state index contributed by atoms with van der Waals surface area (Å²) in [4.78, 5) is 22.8. The third kappa shape index (κ3) is 4.28. The lowest BCUT2D eigenvalue weighted by Crippen LogP contribution is -2.17. The van der Waals surface area contributed by atoms with E-state index in [0.717, 1.165) is 35.1 Å². The molecule has 2 aromatic carbocycles. The van der Waals surface area contributed by atoms with Gasteiger partial charge < -0.3 is 10.6 Å². The SMILES string of the molecule is C.CCC1NC(=O)c2cc(Cl)ccc21.CCC1NC(=O)c2ccc(Cl)cc21. The Bertz CT molecular complexity index is 867. The third-order valence-corrected chi connectivity index (χ3v) is 5.17. The van der Waals surface area contributed by atoms with E-state index in [1.807, 2.05) is 25.1 Å². The summed E-state index contributed by atoms with van der Waals surface area (Å²) < 4.78 is 0. The average Bonchev–Trinajstić information content (AvgIpc) is 3.12. The van der Waals surface area contributed by atoms with Crippen molar-refractivity contribution in [2.75, 3.05) is 0 Å². The zero-order valence-corrected chi connectivity index (χ0v) is 16.1. The van der Waals surface area contributed by atoms with Gasteiger partial charge in [0.2, 0.25) is 0 Å². The minimum absolute atomic E-state index is 0. The second-order valence-corrected chi connectivity index (χ2v) is 7.20. The largest absolute Gasteiger partial charge is 0.345 e. The smallest absolute Gasteiger partial charge is 0.252 e. The molecule has 0 saturated carbocycles. The summed E-state index contributed by atoms with van der Waals surface area (Å²) in [5, 5.41) is 7.10. The number of halogens is 2. The Kier molecular flexibility index (Phi) is 6.90. The van der Waals surface area contributed by atoms with Crippen molar-refractivity contribution in [1.29, 1.82) is 0 Å². The van der Waals surface area contributed by atoms with Gasteiger partial charge in [0.15, 0.2) is 0 Å². The van der Waals surface area contributed by atoms with Crippen molar-refractivity contribution in [2.45, 2.75) is 46.2 Å². The Morgan fingerprint density at radius 2 is 1.30 bits per heavy atom. The van der Waals surface area contributed by atoms with E-state index in [-0.39, 0.29) is 31.3 Å². The van der Waals surface area contributed by atoms with Crippen LogP contribution in [0.4, 0.5) is 0 Å². The lowest BCUT2D eigenvalue weighted by Gasteiger charge is -2.07. The Labute approximate surface area is 170 Å². The lowest BCUT2D eigenvalue weighted by atomic mass is 10.0. The first kappa shape index (κ1) is 21.3. The number of carbonyl (C=O) groups excluding carboxylic acids is 2. The summed E-state index contributed by atoms with van der Waals surface area (Å²) in [5.74, 6) is 0.00265. The Morgan fingerprint density at radius 1 is 0.778 bits per heavy atom. The maximum absolute atomic E-state index is 11.4. The molecule has 6 heteroatoms. The van der Waals surface area contributed by atoms with E-state index in [0.29, 0.717) is 10.0 Å². The summed E-state index contributed by atoms with van der Waals surface area (Å²) in [6.45, 7) is 4.09. The van der Waals surface area contributed by atoms with Gasteiger partial charge in [-0.1, -0.05) is 50.5 Å². The van der Waals surface area contributed by atoms with Crippen molar-refractivity contribution in [3.05, 3.63) is 68.7 Å². The molecule has 2 unspecified atom stereocenters. The Balaban J connectivity index is 0.000000187. The van der Waals surface area contributed by atoms with Crippen LogP contribution in [-0.2, 0) is 0 Å². The van der Waals surface area contributed by atoms with Crippen molar-refractivity contribution in [1.82, 2.24) is 10.6 Å². The van der Waals surface area contributed by atoms with Gasteiger partial charge in [-0.05, 0) is 54.3 Å². The molecule has 0 spiro atoms. The molecular formula is C21H24Cl2N2O2. The number of benzene rings is 2. The molecule has 4 rings (SSSR count). The fraction of sp³-hybridized carbons (Fsp3) is 0.333. The van der Waals surface area contributed by atoms with E-state index >= 15 is 0 Å². The van der Waals surface area contributed by atoms with Crippen molar-refractivity contribution in [3.63, 3.8) is 0 Å². The number of fused-ring (bicyclic) bond motifs is 2. The summed E-state index contributed by atoms with van der Waals surface area (Å²) in [6, 6.07) is 11.2. The number of amides is 2. The minimum atomic E-state index is -0.00986. The standard InChI is InChI=1S/2C10H10ClNO.CH4/c1-2-9-8-5-6(11)3-4-7(8)10(13)12-9;1-2-9-7-4-3-6(11)5-8(7)10(13)12-9;/h2*3-5,9H,2H2,1H3,(H,12,13);1H4. The van der Waals surface area contributed by atoms with Crippen LogP contribution in [0, 0.1) is 0 Å². The molecule has 2 aliphatic rings. The second-order valence-electron chi connectivity index (χ2n) is 6.33. The highest BCUT2D eigenvalue weighted by molar-refractivity contribution is 6.31. The van der Waals surface area contributed by atoms with Crippen molar-refractivity contribution >= 4 is 35.0 Å². The molecule has 2 aromatic rings. The van der Waals surface area contributed by atoms with E-state index < -0.39 is 0 Å². The summed E-state index contributed by atoms with van der Waals surface area (Å²) >= 11 is 11.7. The molecule has 27 heavy (non-hydrogen) atoms. The second kappa shape index (κ2) is 8.77. The molecule has 4 nitrogen and oxygen atoms in total. The fourth-order valence-corrected chi connectivity index (χ4v) is 3.68. The first-order chi connectivity index (χ1) is 12.4. The normalized spacial score (nSPS) is 19.1. The summed E-state index contributed by atoms with van der Waals surface area (Å²) in [7, 11) is 0. The number of carbonyl (C=O) groups is 2. The molecule has 2 N–H and O–H groups in total. The molecule has 0 aliphatic carbocycles. The molecule has 0 fully saturated rings. The molecule has 0 saturated heterocycles. The van der Waals surface area contributed by atoms with Gasteiger partial charge in [-0.3, -0.25) is 9.59 Å². The molecule has 2 amide bonds. The first-order valence-electron chi connectivity index (χ1n) is 8.65. The van der Waals surface area contributed by atoms with Gasteiger partial charge in [-0.25, -0.2) is 0 Å². The zero-order valence-electron chi connectivity index (χ0n) is 14.6. The van der Waals surface area contributed by atoms with Crippen LogP contribution in [-0.4, -0.2) is 11.8 Å². The van der Waals surface area contributed by atoms with Gasteiger partial charge in [-0.2, -0.15) is 0 Å². The molecule has 144 valence electrons. The van der Waals surface area contributed by atoms with E-state index in [2.05, 4.69) is 17.6 Å². The molecule has 2 heterocycles. The van der Waals surface area contributed by atoms with Crippen LogP contribution in [0.15, 0.2) is 36.4 Å². The fourth-order valence-electron chi connectivity index (χ4n) is 3.33. The number of hydrogen-bond donors (Lipinski definition) is 2. The number of hydrogen-bond acceptors (Lipinski definition) is 2. The van der Waals surface area contributed by atoms with Crippen LogP contribution in [0.25, 0.3) is 0 Å². The van der Waals surface area contributed by atoms with E-state index in [9.17, 15) is 9.59 Å². The predicted octanol–water partition coefficient (Wildman–Crippen LogP) is 5.71. The highest BCUT2D eigenvalue weighted by Crippen LogP contribution is 2.30. The third-order valence-electron chi connectivity index (χ3n) is 4.70. The van der Waals surface area contributed by atoms with Gasteiger partial charge in [0.25, 0.3) is 11.8 Å². The van der Waals surface area contributed by atoms with E-state index in [1.54, 1.807) is 18.2 Å². The minimum Gasteiger partial charge on any atom is -0.345 e. The van der Waals surface area contributed by atoms with Crippen LogP contribution in [0.1, 0.15) is 78.0 Å². The van der Waals surface area contributed by atoms with Crippen LogP contribution in [0.5, 0.6) is 0 Å². The van der Waals surface area contributed by atoms with Gasteiger partial charge in [0, 0.05) is 21.2 Å². The van der Waals surface area contributed by atoms with E-state index in [4.69, 9.17) is 23.2 Å². The van der Waals surface area contributed by atoms with Crippen molar-refractivity contribution in [2.24, 2.45) is 0 Å². The van der Waals surface area contributed by atoms with Crippen molar-refractivity contribution in [3.8, 4) is 0 Å². The Morgan fingerprint density at radius 3 is 1.93 bits per heavy atom. The van der Waals surface area contributed by atoms with Gasteiger partial charge >= 0.3 is 0 Å². The van der Waals surface area contributed by atoms with Crippen LogP contribution in [0.2, 0.25) is 10.0 Å². The highest BCUT2D eigenvalue weighted by Gasteiger charge is 2.27. The predicted molar refractivity (Wildman–Crippen MR) is 111 cm³/mol. The van der Waals surface area contributed by atoms with Crippen LogP contribution < -0.4 is 10.6 Å². The first-order valence-corrected chi connectivity index (χ1v) is 9.40. The summed E-state index contributed by atoms with van der Waals surface area (Å²) in [5.41, 5.74) is 3.58. The zero-order chi connectivity index (χ0) is 18.8. The van der Waals surface area contributed by atoms with Gasteiger partial charge in [-0.15, -0.1) is 0 Å². The molecule has 2 aliphatic heterocycles. The average molecular weight is 407 g/mol. The van der Waals surface area contributed by atoms with Gasteiger partial charge in [0.1, 0.15) is 0 Å². The van der Waals surface area contributed by atoms with E-state index in [1.165, 1.54) is 0 Å². The maximum Gasteiger partial charge on any atom is 0.252 e. The van der Waals surface area contributed by atoms with Crippen LogP contribution >= 0.6 is 23.2 Å². The lowest BCUT2D eigenvalue weighted by molar-refractivity contribution is 0.0947. The highest BCUT2D eigenvalue weighted by atomic mass is 35.5. The number of rotatable bonds is 2.